The lowest BCUT2D eigenvalue weighted by Gasteiger charge is -2.31. The molecule has 2 amide bonds. The first kappa shape index (κ1) is 30.2. The standard InChI is InChI=1S/C30H36ClN3O4S/c1-4-23-14-18-27(19-15-23)34(39(3,37)38)20-8-11-29(35)33(22-25-12-16-26(31)17-13-25)28(30(36)32-2)21-24-9-6-5-7-10-24/h5-7,9-10,12-19,28H,4,8,11,20-22H2,1-3H3,(H,32,36)/t28-/m0/s1. The summed E-state index contributed by atoms with van der Waals surface area (Å²) in [6.07, 6.45) is 2.74. The van der Waals surface area contributed by atoms with E-state index in [1.807, 2.05) is 61.5 Å². The number of sulfonamides is 1. The molecule has 0 bridgehead atoms. The molecule has 0 aliphatic rings. The molecule has 39 heavy (non-hydrogen) atoms. The molecular weight excluding hydrogens is 534 g/mol. The van der Waals surface area contributed by atoms with E-state index in [9.17, 15) is 18.0 Å². The molecule has 0 aliphatic carbocycles. The lowest BCUT2D eigenvalue weighted by atomic mass is 10.0. The zero-order chi connectivity index (χ0) is 28.4. The van der Waals surface area contributed by atoms with Gasteiger partial charge in [-0.05, 0) is 53.8 Å². The van der Waals surface area contributed by atoms with Crippen LogP contribution in [0.15, 0.2) is 78.9 Å². The van der Waals surface area contributed by atoms with E-state index < -0.39 is 16.1 Å². The maximum Gasteiger partial charge on any atom is 0.242 e. The molecule has 9 heteroatoms. The van der Waals surface area contributed by atoms with Gasteiger partial charge in [0, 0.05) is 38.0 Å². The van der Waals surface area contributed by atoms with Crippen LogP contribution < -0.4 is 9.62 Å². The van der Waals surface area contributed by atoms with E-state index >= 15 is 0 Å². The summed E-state index contributed by atoms with van der Waals surface area (Å²) in [5.41, 5.74) is 3.44. The Hall–Kier alpha value is -3.36. The number of hydrogen-bond donors (Lipinski definition) is 1. The van der Waals surface area contributed by atoms with Crippen molar-refractivity contribution in [2.75, 3.05) is 24.2 Å². The molecule has 0 heterocycles. The van der Waals surface area contributed by atoms with E-state index in [0.29, 0.717) is 23.6 Å². The fourth-order valence-corrected chi connectivity index (χ4v) is 5.50. The molecule has 3 aromatic rings. The summed E-state index contributed by atoms with van der Waals surface area (Å²) in [5, 5.41) is 3.28. The van der Waals surface area contributed by atoms with Gasteiger partial charge in [0.15, 0.2) is 0 Å². The number of benzene rings is 3. The van der Waals surface area contributed by atoms with Gasteiger partial charge in [-0.15, -0.1) is 0 Å². The van der Waals surface area contributed by atoms with Crippen molar-refractivity contribution in [1.82, 2.24) is 10.2 Å². The number of likely N-dealkylation sites (N-methyl/N-ethyl adjacent to an activating group) is 1. The molecule has 3 aromatic carbocycles. The smallest absolute Gasteiger partial charge is 0.242 e. The van der Waals surface area contributed by atoms with Gasteiger partial charge >= 0.3 is 0 Å². The van der Waals surface area contributed by atoms with E-state index in [0.717, 1.165) is 29.4 Å². The van der Waals surface area contributed by atoms with Gasteiger partial charge in [-0.25, -0.2) is 8.42 Å². The highest BCUT2D eigenvalue weighted by molar-refractivity contribution is 7.92. The summed E-state index contributed by atoms with van der Waals surface area (Å²) < 4.78 is 26.5. The number of carbonyl (C=O) groups excluding carboxylic acids is 2. The zero-order valence-corrected chi connectivity index (χ0v) is 24.2. The maximum atomic E-state index is 13.7. The number of nitrogens with one attached hydrogen (secondary N) is 1. The minimum absolute atomic E-state index is 0.0783. The maximum absolute atomic E-state index is 13.7. The van der Waals surface area contributed by atoms with E-state index in [1.54, 1.807) is 36.2 Å². The summed E-state index contributed by atoms with van der Waals surface area (Å²) >= 11 is 6.06. The van der Waals surface area contributed by atoms with Crippen LogP contribution in [0.25, 0.3) is 0 Å². The van der Waals surface area contributed by atoms with E-state index in [4.69, 9.17) is 11.6 Å². The Balaban J connectivity index is 1.82. The van der Waals surface area contributed by atoms with Crippen molar-refractivity contribution >= 4 is 39.1 Å². The Labute approximate surface area is 236 Å². The Bertz CT molecular complexity index is 1330. The molecule has 3 rings (SSSR count). The van der Waals surface area contributed by atoms with Crippen LogP contribution in [0.5, 0.6) is 0 Å². The topological polar surface area (TPSA) is 86.8 Å². The van der Waals surface area contributed by atoms with Crippen LogP contribution in [0, 0.1) is 0 Å². The molecule has 1 atom stereocenters. The Morgan fingerprint density at radius 2 is 1.51 bits per heavy atom. The van der Waals surface area contributed by atoms with Crippen molar-refractivity contribution in [3.63, 3.8) is 0 Å². The minimum atomic E-state index is -3.55. The first-order chi connectivity index (χ1) is 18.6. The number of rotatable bonds is 13. The lowest BCUT2D eigenvalue weighted by Crippen LogP contribution is -2.49. The van der Waals surface area contributed by atoms with Crippen LogP contribution in [0.2, 0.25) is 5.02 Å². The number of carbonyl (C=O) groups is 2. The fraction of sp³-hybridized carbons (Fsp3) is 0.333. The second-order valence-corrected chi connectivity index (χ2v) is 11.8. The molecule has 0 unspecified atom stereocenters. The van der Waals surface area contributed by atoms with Gasteiger partial charge in [0.05, 0.1) is 11.9 Å². The summed E-state index contributed by atoms with van der Waals surface area (Å²) in [6, 6.07) is 23.4. The SMILES string of the molecule is CCc1ccc(N(CCCC(=O)N(Cc2ccc(Cl)cc2)[C@@H](Cc2ccccc2)C(=O)NC)S(C)(=O)=O)cc1. The third kappa shape index (κ3) is 8.83. The number of aryl methyl sites for hydroxylation is 1. The third-order valence-electron chi connectivity index (χ3n) is 6.57. The van der Waals surface area contributed by atoms with Gasteiger partial charge in [0.2, 0.25) is 21.8 Å². The molecule has 208 valence electrons. The van der Waals surface area contributed by atoms with E-state index in [2.05, 4.69) is 5.32 Å². The Morgan fingerprint density at radius 3 is 2.08 bits per heavy atom. The quantitative estimate of drug-likeness (QED) is 0.319. The lowest BCUT2D eigenvalue weighted by molar-refractivity contribution is -0.141. The third-order valence-corrected chi connectivity index (χ3v) is 8.01. The molecule has 0 spiro atoms. The number of halogens is 1. The van der Waals surface area contributed by atoms with Crippen LogP contribution in [-0.4, -0.2) is 51.0 Å². The first-order valence-electron chi connectivity index (χ1n) is 13.0. The number of anilines is 1. The second kappa shape index (κ2) is 14.1. The van der Waals surface area contributed by atoms with Crippen LogP contribution in [0.1, 0.15) is 36.5 Å². The van der Waals surface area contributed by atoms with Crippen molar-refractivity contribution in [3.05, 3.63) is 101 Å². The van der Waals surface area contributed by atoms with E-state index in [-0.39, 0.29) is 31.3 Å². The zero-order valence-electron chi connectivity index (χ0n) is 22.6. The number of nitrogens with zero attached hydrogens (tertiary/aromatic N) is 2. The van der Waals surface area contributed by atoms with Crippen molar-refractivity contribution in [2.45, 2.75) is 45.2 Å². The van der Waals surface area contributed by atoms with Crippen LogP contribution in [0.3, 0.4) is 0 Å². The first-order valence-corrected chi connectivity index (χ1v) is 15.2. The molecule has 0 aromatic heterocycles. The highest BCUT2D eigenvalue weighted by Crippen LogP contribution is 2.21. The molecule has 0 radical (unpaired) electrons. The number of amides is 2. The minimum Gasteiger partial charge on any atom is -0.357 e. The average molecular weight is 570 g/mol. The second-order valence-electron chi connectivity index (χ2n) is 9.43. The summed E-state index contributed by atoms with van der Waals surface area (Å²) in [4.78, 5) is 28.3. The van der Waals surface area contributed by atoms with Crippen molar-refractivity contribution in [1.29, 1.82) is 0 Å². The Kier molecular flexibility index (Phi) is 10.9. The normalized spacial score (nSPS) is 12.0. The van der Waals surface area contributed by atoms with Gasteiger partial charge < -0.3 is 10.2 Å². The van der Waals surface area contributed by atoms with Gasteiger partial charge in [-0.3, -0.25) is 13.9 Å². The predicted molar refractivity (Wildman–Crippen MR) is 157 cm³/mol. The van der Waals surface area contributed by atoms with E-state index in [1.165, 1.54) is 4.31 Å². The summed E-state index contributed by atoms with van der Waals surface area (Å²) in [5.74, 6) is -0.501. The highest BCUT2D eigenvalue weighted by Gasteiger charge is 2.30. The van der Waals surface area contributed by atoms with Crippen molar-refractivity contribution in [2.24, 2.45) is 0 Å². The molecule has 1 N–H and O–H groups in total. The monoisotopic (exact) mass is 569 g/mol. The predicted octanol–water partition coefficient (Wildman–Crippen LogP) is 4.83. The van der Waals surface area contributed by atoms with Crippen molar-refractivity contribution < 1.29 is 18.0 Å². The fourth-order valence-electron chi connectivity index (χ4n) is 4.41. The average Bonchev–Trinajstić information content (AvgIpc) is 2.93. The molecule has 0 saturated carbocycles. The van der Waals surface area contributed by atoms with Crippen LogP contribution >= 0.6 is 11.6 Å². The van der Waals surface area contributed by atoms with Gasteiger partial charge in [0.25, 0.3) is 0 Å². The molecule has 0 fully saturated rings. The summed E-state index contributed by atoms with van der Waals surface area (Å²) in [7, 11) is -2.00. The summed E-state index contributed by atoms with van der Waals surface area (Å²) in [6.45, 7) is 2.40. The molecular formula is C30H36ClN3O4S. The van der Waals surface area contributed by atoms with Gasteiger partial charge in [0.1, 0.15) is 6.04 Å². The van der Waals surface area contributed by atoms with Crippen LogP contribution in [-0.2, 0) is 39.0 Å². The number of hydrogen-bond acceptors (Lipinski definition) is 4. The Morgan fingerprint density at radius 1 is 0.897 bits per heavy atom. The van der Waals surface area contributed by atoms with Crippen molar-refractivity contribution in [3.8, 4) is 0 Å². The largest absolute Gasteiger partial charge is 0.357 e. The van der Waals surface area contributed by atoms with Gasteiger partial charge in [-0.1, -0.05) is 73.1 Å². The van der Waals surface area contributed by atoms with Gasteiger partial charge in [-0.2, -0.15) is 0 Å². The molecule has 7 nitrogen and oxygen atoms in total. The molecule has 0 aliphatic heterocycles. The highest BCUT2D eigenvalue weighted by atomic mass is 35.5. The van der Waals surface area contributed by atoms with Crippen LogP contribution in [0.4, 0.5) is 5.69 Å². The molecule has 0 saturated heterocycles.